The van der Waals surface area contributed by atoms with Crippen molar-refractivity contribution in [2.24, 2.45) is 0 Å². The van der Waals surface area contributed by atoms with Crippen LogP contribution in [0.5, 0.6) is 5.75 Å². The van der Waals surface area contributed by atoms with Crippen molar-refractivity contribution in [2.75, 3.05) is 12.3 Å². The minimum Gasteiger partial charge on any atom is -0.462 e. The highest BCUT2D eigenvalue weighted by Crippen LogP contribution is 2.48. The average Bonchev–Trinajstić information content (AvgIpc) is 3.03. The Morgan fingerprint density at radius 1 is 1.35 bits per heavy atom. The molecule has 4 N–H and O–H groups in total. The number of carbonyl (C=O) groups is 1. The molecule has 6 atom stereocenters. The molecule has 1 unspecified atom stereocenters. The molecule has 2 heterocycles. The Morgan fingerprint density at radius 2 is 2.00 bits per heavy atom. The number of benzene rings is 1. The van der Waals surface area contributed by atoms with E-state index >= 15 is 0 Å². The Hall–Kier alpha value is -2.18. The number of aromatic nitrogens is 2. The lowest BCUT2D eigenvalue weighted by molar-refractivity contribution is -0.149. The summed E-state index contributed by atoms with van der Waals surface area (Å²) < 4.78 is 36.8. The average molecular weight is 579 g/mol. The molecule has 204 valence electrons. The number of para-hydroxylation sites is 1. The topological polar surface area (TPSA) is 164 Å². The molecular formula is C22H29Cl2N4O8P. The predicted octanol–water partition coefficient (Wildman–Crippen LogP) is 2.87. The highest BCUT2D eigenvalue weighted by Gasteiger charge is 2.54. The molecule has 0 spiro atoms. The van der Waals surface area contributed by atoms with Gasteiger partial charge in [-0.25, -0.2) is 9.36 Å². The lowest BCUT2D eigenvalue weighted by Gasteiger charge is -2.26. The highest BCUT2D eigenvalue weighted by molar-refractivity contribution is 7.52. The van der Waals surface area contributed by atoms with Crippen molar-refractivity contribution >= 4 is 42.7 Å². The number of ether oxygens (including phenoxy) is 2. The number of alkyl halides is 1. The van der Waals surface area contributed by atoms with E-state index in [-0.39, 0.29) is 16.6 Å². The number of aliphatic hydroxyl groups is 1. The Kier molecular flexibility index (Phi) is 9.28. The summed E-state index contributed by atoms with van der Waals surface area (Å²) in [5.74, 6) is -0.647. The lowest BCUT2D eigenvalue weighted by atomic mass is 10.0. The van der Waals surface area contributed by atoms with Crippen LogP contribution in [0, 0.1) is 0 Å². The van der Waals surface area contributed by atoms with E-state index in [0.29, 0.717) is 0 Å². The third kappa shape index (κ3) is 7.02. The standard InChI is InChI=1S/C22H29Cl2N4O8P/c1-12(2)34-19(30)13(3)27-37(32,36-14-8-6-5-7-9-14)33-11-16-17(29)22(4,24)20(35-16)28-10-15(23)18(25)26-21(28)31/h5-10,12-13,16-17,20,29H,11H2,1-4H3,(H,27,32)(H2,25,26,31)/t13-,16-,17-,20?,22-,37+/m1/s1. The molecule has 1 aromatic heterocycles. The number of nitrogens with zero attached hydrogens (tertiary/aromatic N) is 2. The van der Waals surface area contributed by atoms with Gasteiger partial charge in [-0.1, -0.05) is 29.8 Å². The monoisotopic (exact) mass is 578 g/mol. The molecule has 3 rings (SSSR count). The van der Waals surface area contributed by atoms with Gasteiger partial charge in [-0.15, -0.1) is 11.6 Å². The van der Waals surface area contributed by atoms with Crippen molar-refractivity contribution in [3.63, 3.8) is 0 Å². The van der Waals surface area contributed by atoms with Crippen LogP contribution in [0.2, 0.25) is 5.02 Å². The number of nitrogen functional groups attached to an aromatic ring is 1. The van der Waals surface area contributed by atoms with Gasteiger partial charge in [0.2, 0.25) is 0 Å². The molecule has 0 saturated carbocycles. The highest BCUT2D eigenvalue weighted by atomic mass is 35.5. The zero-order valence-electron chi connectivity index (χ0n) is 20.5. The van der Waals surface area contributed by atoms with Crippen LogP contribution in [0.1, 0.15) is 33.9 Å². The summed E-state index contributed by atoms with van der Waals surface area (Å²) in [6.45, 7) is 5.74. The predicted molar refractivity (Wildman–Crippen MR) is 137 cm³/mol. The number of nitrogens with one attached hydrogen (secondary N) is 1. The fourth-order valence-electron chi connectivity index (χ4n) is 3.48. The first kappa shape index (κ1) is 29.4. The zero-order valence-corrected chi connectivity index (χ0v) is 22.9. The maximum absolute atomic E-state index is 13.7. The maximum Gasteiger partial charge on any atom is 0.459 e. The number of halogens is 2. The number of hydrogen-bond acceptors (Lipinski definition) is 10. The van der Waals surface area contributed by atoms with Gasteiger partial charge in [-0.2, -0.15) is 10.1 Å². The first-order valence-corrected chi connectivity index (χ1v) is 13.6. The number of rotatable bonds is 10. The van der Waals surface area contributed by atoms with Crippen molar-refractivity contribution in [2.45, 2.75) is 63.2 Å². The molecule has 1 fully saturated rings. The SMILES string of the molecule is CC(C)OC(=O)[C@@H](C)N[P@](=O)(OC[C@H]1OC(n2cc(Cl)c(N)nc2=O)[C@](C)(Cl)[C@@H]1O)Oc1ccccc1. The molecule has 1 aromatic carbocycles. The van der Waals surface area contributed by atoms with E-state index in [1.807, 2.05) is 0 Å². The van der Waals surface area contributed by atoms with Gasteiger partial charge in [0.25, 0.3) is 0 Å². The molecule has 0 amide bonds. The Bertz CT molecular complexity index is 1210. The Morgan fingerprint density at radius 3 is 2.62 bits per heavy atom. The van der Waals surface area contributed by atoms with E-state index in [0.717, 1.165) is 4.57 Å². The molecule has 1 aliphatic heterocycles. The van der Waals surface area contributed by atoms with Gasteiger partial charge in [0, 0.05) is 6.20 Å². The number of esters is 1. The molecule has 1 saturated heterocycles. The third-order valence-electron chi connectivity index (χ3n) is 5.34. The van der Waals surface area contributed by atoms with E-state index in [2.05, 4.69) is 10.1 Å². The van der Waals surface area contributed by atoms with Crippen molar-refractivity contribution < 1.29 is 33.0 Å². The van der Waals surface area contributed by atoms with Crippen LogP contribution in [0.3, 0.4) is 0 Å². The van der Waals surface area contributed by atoms with E-state index in [4.69, 9.17) is 47.5 Å². The lowest BCUT2D eigenvalue weighted by Crippen LogP contribution is -2.42. The van der Waals surface area contributed by atoms with Crippen LogP contribution < -0.4 is 21.0 Å². The zero-order chi connectivity index (χ0) is 27.5. The number of anilines is 1. The van der Waals surface area contributed by atoms with Gasteiger partial charge >= 0.3 is 19.4 Å². The largest absolute Gasteiger partial charge is 0.462 e. The van der Waals surface area contributed by atoms with Crippen LogP contribution >= 0.6 is 30.9 Å². The van der Waals surface area contributed by atoms with Crippen LogP contribution in [0.4, 0.5) is 5.82 Å². The van der Waals surface area contributed by atoms with Gasteiger partial charge in [0.15, 0.2) is 6.23 Å². The van der Waals surface area contributed by atoms with Crippen LogP contribution in [-0.2, 0) is 23.4 Å². The second kappa shape index (κ2) is 11.7. The van der Waals surface area contributed by atoms with Crippen LogP contribution in [0.25, 0.3) is 0 Å². The van der Waals surface area contributed by atoms with Gasteiger partial charge in [0.05, 0.1) is 17.7 Å². The first-order valence-electron chi connectivity index (χ1n) is 11.3. The molecule has 1 aliphatic rings. The molecular weight excluding hydrogens is 550 g/mol. The fourth-order valence-corrected chi connectivity index (χ4v) is 5.43. The van der Waals surface area contributed by atoms with Gasteiger partial charge < -0.3 is 24.8 Å². The number of nitrogens with two attached hydrogens (primary N) is 1. The van der Waals surface area contributed by atoms with Gasteiger partial charge in [-0.05, 0) is 39.8 Å². The van der Waals surface area contributed by atoms with Crippen molar-refractivity contribution in [3.05, 3.63) is 52.0 Å². The molecule has 2 aromatic rings. The van der Waals surface area contributed by atoms with Gasteiger partial charge in [0.1, 0.15) is 34.7 Å². The van der Waals surface area contributed by atoms with Crippen molar-refractivity contribution in [1.82, 2.24) is 14.6 Å². The quantitative estimate of drug-likeness (QED) is 0.215. The maximum atomic E-state index is 13.7. The molecule has 15 heteroatoms. The van der Waals surface area contributed by atoms with Crippen LogP contribution in [-0.4, -0.2) is 56.5 Å². The van der Waals surface area contributed by atoms with E-state index in [1.165, 1.54) is 20.0 Å². The molecule has 0 aliphatic carbocycles. The Balaban J connectivity index is 1.81. The smallest absolute Gasteiger partial charge is 0.459 e. The summed E-state index contributed by atoms with van der Waals surface area (Å²) in [5.41, 5.74) is 4.77. The van der Waals surface area contributed by atoms with E-state index < -0.39 is 61.5 Å². The summed E-state index contributed by atoms with van der Waals surface area (Å²) in [6, 6.07) is 7.08. The first-order chi connectivity index (χ1) is 17.2. The Labute approximate surface area is 223 Å². The molecule has 0 bridgehead atoms. The third-order valence-corrected chi connectivity index (χ3v) is 7.68. The minimum absolute atomic E-state index is 0.0166. The summed E-state index contributed by atoms with van der Waals surface area (Å²) in [7, 11) is -4.23. The normalized spacial score (nSPS) is 26.0. The summed E-state index contributed by atoms with van der Waals surface area (Å²) in [4.78, 5) is 26.8. The second-order valence-corrected chi connectivity index (χ2v) is 11.7. The summed E-state index contributed by atoms with van der Waals surface area (Å²) >= 11 is 12.6. The second-order valence-electron chi connectivity index (χ2n) is 8.82. The number of hydrogen-bond donors (Lipinski definition) is 3. The van der Waals surface area contributed by atoms with E-state index in [1.54, 1.807) is 44.2 Å². The summed E-state index contributed by atoms with van der Waals surface area (Å²) in [6.07, 6.45) is -2.98. The summed E-state index contributed by atoms with van der Waals surface area (Å²) in [5, 5.41) is 13.4. The number of carbonyl (C=O) groups excluding carboxylic acids is 1. The van der Waals surface area contributed by atoms with E-state index in [9.17, 15) is 19.3 Å². The fraction of sp³-hybridized carbons (Fsp3) is 0.500. The van der Waals surface area contributed by atoms with Crippen molar-refractivity contribution in [3.8, 4) is 5.75 Å². The molecule has 0 radical (unpaired) electrons. The molecule has 37 heavy (non-hydrogen) atoms. The molecule has 12 nitrogen and oxygen atoms in total. The van der Waals surface area contributed by atoms with Gasteiger partial charge in [-0.3, -0.25) is 13.9 Å². The van der Waals surface area contributed by atoms with Crippen LogP contribution in [0.15, 0.2) is 41.3 Å². The number of aliphatic hydroxyl groups excluding tert-OH is 1. The minimum atomic E-state index is -4.23. The van der Waals surface area contributed by atoms with Crippen molar-refractivity contribution in [1.29, 1.82) is 0 Å².